The Morgan fingerprint density at radius 1 is 1.42 bits per heavy atom. The average molecular weight is 282 g/mol. The number of hydrogen-bond donors (Lipinski definition) is 1. The highest BCUT2D eigenvalue weighted by molar-refractivity contribution is 7.89. The SMILES string of the molecule is CC1Cc2cc(S(=O)(=O)N3CC[C@@H](N)C3)ccc2O1. The van der Waals surface area contributed by atoms with E-state index in [0.717, 1.165) is 24.2 Å². The molecule has 104 valence electrons. The van der Waals surface area contributed by atoms with Crippen molar-refractivity contribution >= 4 is 10.0 Å². The van der Waals surface area contributed by atoms with Crippen molar-refractivity contribution in [3.63, 3.8) is 0 Å². The van der Waals surface area contributed by atoms with Crippen molar-refractivity contribution in [1.82, 2.24) is 4.31 Å². The number of rotatable bonds is 2. The van der Waals surface area contributed by atoms with E-state index in [9.17, 15) is 8.42 Å². The lowest BCUT2D eigenvalue weighted by Gasteiger charge is -2.16. The summed E-state index contributed by atoms with van der Waals surface area (Å²) in [5.41, 5.74) is 6.75. The second-order valence-electron chi connectivity index (χ2n) is 5.31. The van der Waals surface area contributed by atoms with E-state index in [1.54, 1.807) is 18.2 Å². The third-order valence-electron chi connectivity index (χ3n) is 3.69. The molecule has 1 saturated heterocycles. The summed E-state index contributed by atoms with van der Waals surface area (Å²) in [7, 11) is -3.41. The van der Waals surface area contributed by atoms with Crippen molar-refractivity contribution in [2.75, 3.05) is 13.1 Å². The van der Waals surface area contributed by atoms with Crippen molar-refractivity contribution < 1.29 is 13.2 Å². The van der Waals surface area contributed by atoms with E-state index in [-0.39, 0.29) is 12.1 Å². The number of ether oxygens (including phenoxy) is 1. The van der Waals surface area contributed by atoms with Crippen LogP contribution < -0.4 is 10.5 Å². The van der Waals surface area contributed by atoms with Gasteiger partial charge in [0.25, 0.3) is 0 Å². The molecule has 2 aliphatic heterocycles. The lowest BCUT2D eigenvalue weighted by Crippen LogP contribution is -2.32. The van der Waals surface area contributed by atoms with Crippen LogP contribution >= 0.6 is 0 Å². The van der Waals surface area contributed by atoms with Crippen LogP contribution in [0.3, 0.4) is 0 Å². The summed E-state index contributed by atoms with van der Waals surface area (Å²) in [6, 6.07) is 5.06. The number of hydrogen-bond acceptors (Lipinski definition) is 4. The molecule has 5 nitrogen and oxygen atoms in total. The Hall–Kier alpha value is -1.11. The fraction of sp³-hybridized carbons (Fsp3) is 0.538. The van der Waals surface area contributed by atoms with Gasteiger partial charge in [0.2, 0.25) is 10.0 Å². The molecule has 0 radical (unpaired) electrons. The summed E-state index contributed by atoms with van der Waals surface area (Å²) in [5, 5.41) is 0. The van der Waals surface area contributed by atoms with Crippen molar-refractivity contribution in [3.05, 3.63) is 23.8 Å². The Kier molecular flexibility index (Phi) is 3.03. The van der Waals surface area contributed by atoms with Crippen molar-refractivity contribution in [1.29, 1.82) is 0 Å². The number of sulfonamides is 1. The molecule has 2 atom stereocenters. The molecule has 6 heteroatoms. The van der Waals surface area contributed by atoms with Gasteiger partial charge in [0.15, 0.2) is 0 Å². The van der Waals surface area contributed by atoms with Gasteiger partial charge in [-0.2, -0.15) is 4.31 Å². The van der Waals surface area contributed by atoms with Gasteiger partial charge in [0, 0.05) is 25.6 Å². The Labute approximate surface area is 113 Å². The molecular weight excluding hydrogens is 264 g/mol. The highest BCUT2D eigenvalue weighted by Crippen LogP contribution is 2.32. The van der Waals surface area contributed by atoms with Gasteiger partial charge in [0.1, 0.15) is 11.9 Å². The van der Waals surface area contributed by atoms with Gasteiger partial charge in [-0.3, -0.25) is 0 Å². The first-order valence-corrected chi connectivity index (χ1v) is 7.96. The van der Waals surface area contributed by atoms with E-state index in [2.05, 4.69) is 0 Å². The van der Waals surface area contributed by atoms with Gasteiger partial charge in [-0.15, -0.1) is 0 Å². The van der Waals surface area contributed by atoms with Crippen LogP contribution in [-0.2, 0) is 16.4 Å². The van der Waals surface area contributed by atoms with Crippen molar-refractivity contribution in [2.24, 2.45) is 5.73 Å². The quantitative estimate of drug-likeness (QED) is 0.868. The first-order valence-electron chi connectivity index (χ1n) is 6.52. The highest BCUT2D eigenvalue weighted by Gasteiger charge is 2.32. The van der Waals surface area contributed by atoms with Gasteiger partial charge in [-0.05, 0) is 37.1 Å². The molecule has 0 saturated carbocycles. The van der Waals surface area contributed by atoms with E-state index < -0.39 is 10.0 Å². The first-order chi connectivity index (χ1) is 8.96. The summed E-state index contributed by atoms with van der Waals surface area (Å²) < 4.78 is 32.0. The predicted octanol–water partition coefficient (Wildman–Crippen LogP) is 0.732. The summed E-state index contributed by atoms with van der Waals surface area (Å²) in [6.07, 6.45) is 1.61. The molecule has 0 aliphatic carbocycles. The smallest absolute Gasteiger partial charge is 0.243 e. The molecule has 1 aromatic rings. The van der Waals surface area contributed by atoms with Gasteiger partial charge in [-0.25, -0.2) is 8.42 Å². The molecule has 2 aliphatic rings. The molecule has 1 fully saturated rings. The minimum absolute atomic E-state index is 0.0486. The van der Waals surface area contributed by atoms with Crippen LogP contribution in [0.5, 0.6) is 5.75 Å². The third-order valence-corrected chi connectivity index (χ3v) is 5.55. The third kappa shape index (κ3) is 2.24. The number of nitrogens with two attached hydrogens (primary N) is 1. The van der Waals surface area contributed by atoms with Crippen molar-refractivity contribution in [3.8, 4) is 5.75 Å². The lowest BCUT2D eigenvalue weighted by atomic mass is 10.1. The zero-order valence-corrected chi connectivity index (χ0v) is 11.7. The second kappa shape index (κ2) is 4.47. The van der Waals surface area contributed by atoms with Gasteiger partial charge in [0.05, 0.1) is 4.90 Å². The van der Waals surface area contributed by atoms with E-state index in [0.29, 0.717) is 18.0 Å². The summed E-state index contributed by atoms with van der Waals surface area (Å²) >= 11 is 0. The Morgan fingerprint density at radius 2 is 2.21 bits per heavy atom. The molecule has 19 heavy (non-hydrogen) atoms. The maximum atomic E-state index is 12.5. The van der Waals surface area contributed by atoms with Crippen LogP contribution in [0.4, 0.5) is 0 Å². The van der Waals surface area contributed by atoms with Crippen LogP contribution in [0, 0.1) is 0 Å². The fourth-order valence-corrected chi connectivity index (χ4v) is 4.24. The predicted molar refractivity (Wildman–Crippen MR) is 71.6 cm³/mol. The topological polar surface area (TPSA) is 72.6 Å². The zero-order chi connectivity index (χ0) is 13.6. The number of nitrogens with zero attached hydrogens (tertiary/aromatic N) is 1. The molecular formula is C13H18N2O3S. The highest BCUT2D eigenvalue weighted by atomic mass is 32.2. The minimum atomic E-state index is -3.41. The van der Waals surface area contributed by atoms with Gasteiger partial charge in [-0.1, -0.05) is 0 Å². The van der Waals surface area contributed by atoms with E-state index >= 15 is 0 Å². The van der Waals surface area contributed by atoms with Crippen LogP contribution in [0.1, 0.15) is 18.9 Å². The van der Waals surface area contributed by atoms with Gasteiger partial charge < -0.3 is 10.5 Å². The second-order valence-corrected chi connectivity index (χ2v) is 7.25. The molecule has 1 unspecified atom stereocenters. The number of fused-ring (bicyclic) bond motifs is 1. The van der Waals surface area contributed by atoms with Crippen LogP contribution in [-0.4, -0.2) is 38.0 Å². The fourth-order valence-electron chi connectivity index (χ4n) is 2.68. The Bertz CT molecular complexity index is 600. The molecule has 0 spiro atoms. The Balaban J connectivity index is 1.92. The van der Waals surface area contributed by atoms with Crippen LogP contribution in [0.2, 0.25) is 0 Å². The minimum Gasteiger partial charge on any atom is -0.490 e. The molecule has 0 aromatic heterocycles. The molecule has 2 heterocycles. The molecule has 0 bridgehead atoms. The van der Waals surface area contributed by atoms with Crippen LogP contribution in [0.25, 0.3) is 0 Å². The van der Waals surface area contributed by atoms with Crippen molar-refractivity contribution in [2.45, 2.75) is 36.8 Å². The number of benzene rings is 1. The monoisotopic (exact) mass is 282 g/mol. The zero-order valence-electron chi connectivity index (χ0n) is 10.9. The summed E-state index contributed by atoms with van der Waals surface area (Å²) in [4.78, 5) is 0.345. The van der Waals surface area contributed by atoms with E-state index in [4.69, 9.17) is 10.5 Å². The lowest BCUT2D eigenvalue weighted by molar-refractivity contribution is 0.254. The first kappa shape index (κ1) is 12.9. The molecule has 0 amide bonds. The molecule has 3 rings (SSSR count). The maximum Gasteiger partial charge on any atom is 0.243 e. The van der Waals surface area contributed by atoms with Crippen LogP contribution in [0.15, 0.2) is 23.1 Å². The molecule has 1 aromatic carbocycles. The standard InChI is InChI=1S/C13H18N2O3S/c1-9-6-10-7-12(2-3-13(10)18-9)19(16,17)15-5-4-11(14)8-15/h2-3,7,9,11H,4-6,8,14H2,1H3/t9?,11-/m1/s1. The van der Waals surface area contributed by atoms with E-state index in [1.807, 2.05) is 6.92 Å². The largest absolute Gasteiger partial charge is 0.490 e. The molecule has 2 N–H and O–H groups in total. The summed E-state index contributed by atoms with van der Waals surface area (Å²) in [5.74, 6) is 0.796. The average Bonchev–Trinajstić information content (AvgIpc) is 2.93. The van der Waals surface area contributed by atoms with E-state index in [1.165, 1.54) is 4.31 Å². The normalized spacial score (nSPS) is 27.3. The summed E-state index contributed by atoms with van der Waals surface area (Å²) in [6.45, 7) is 2.90. The maximum absolute atomic E-state index is 12.5. The Morgan fingerprint density at radius 3 is 2.89 bits per heavy atom. The van der Waals surface area contributed by atoms with Gasteiger partial charge >= 0.3 is 0 Å².